The summed E-state index contributed by atoms with van der Waals surface area (Å²) in [5, 5.41) is 2.12. The maximum atomic E-state index is 12.3. The molecule has 2 heterocycles. The van der Waals surface area contributed by atoms with Crippen molar-refractivity contribution in [3.8, 4) is 0 Å². The van der Waals surface area contributed by atoms with E-state index in [1.54, 1.807) is 28.2 Å². The second-order valence-electron chi connectivity index (χ2n) is 5.65. The number of nitrogens with zero attached hydrogens (tertiary/aromatic N) is 3. The lowest BCUT2D eigenvalue weighted by atomic mass is 10.1. The molecule has 0 unspecified atom stereocenters. The molecule has 122 valence electrons. The van der Waals surface area contributed by atoms with E-state index in [0.29, 0.717) is 19.6 Å². The third-order valence-corrected chi connectivity index (χ3v) is 5.18. The molecule has 0 aromatic carbocycles. The number of hydrogen-bond acceptors (Lipinski definition) is 4. The molecule has 1 aromatic heterocycles. The van der Waals surface area contributed by atoms with Gasteiger partial charge in [0.25, 0.3) is 0 Å². The van der Waals surface area contributed by atoms with Crippen LogP contribution in [-0.4, -0.2) is 66.3 Å². The molecule has 0 saturated carbocycles. The van der Waals surface area contributed by atoms with Crippen LogP contribution in [0.25, 0.3) is 0 Å². The van der Waals surface area contributed by atoms with Crippen LogP contribution in [0.4, 0.5) is 0 Å². The van der Waals surface area contributed by atoms with Gasteiger partial charge in [0.1, 0.15) is 0 Å². The van der Waals surface area contributed by atoms with E-state index in [0.717, 1.165) is 19.5 Å². The number of carbonyl (C=O) groups is 2. The van der Waals surface area contributed by atoms with Crippen LogP contribution in [0, 0.1) is 0 Å². The number of carbonyl (C=O) groups excluding carboxylic acids is 2. The molecule has 0 N–H and O–H groups in total. The monoisotopic (exact) mass is 323 g/mol. The molecular weight excluding hydrogens is 298 g/mol. The Kier molecular flexibility index (Phi) is 5.97. The minimum atomic E-state index is 0.0131. The third-order valence-electron chi connectivity index (χ3n) is 4.16. The second kappa shape index (κ2) is 7.74. The molecule has 22 heavy (non-hydrogen) atoms. The molecule has 0 bridgehead atoms. The molecule has 2 rings (SSSR count). The maximum Gasteiger partial charge on any atom is 0.242 e. The van der Waals surface area contributed by atoms with Crippen LogP contribution in [0.5, 0.6) is 0 Å². The van der Waals surface area contributed by atoms with Gasteiger partial charge in [-0.25, -0.2) is 0 Å². The lowest BCUT2D eigenvalue weighted by Crippen LogP contribution is -2.45. The SMILES string of the molecule is CCN(CC)C(=O)CN(C)C(=O)CN1CCc2sccc2C1. The van der Waals surface area contributed by atoms with Crippen LogP contribution in [-0.2, 0) is 22.6 Å². The highest BCUT2D eigenvalue weighted by Gasteiger charge is 2.22. The van der Waals surface area contributed by atoms with Crippen LogP contribution in [0.2, 0.25) is 0 Å². The predicted octanol–water partition coefficient (Wildman–Crippen LogP) is 1.43. The molecule has 6 heteroatoms. The van der Waals surface area contributed by atoms with Crippen LogP contribution in [0.15, 0.2) is 11.4 Å². The van der Waals surface area contributed by atoms with Crippen molar-refractivity contribution in [3.63, 3.8) is 0 Å². The molecular formula is C16H25N3O2S. The summed E-state index contributed by atoms with van der Waals surface area (Å²) >= 11 is 1.80. The molecule has 0 spiro atoms. The minimum absolute atomic E-state index is 0.0131. The van der Waals surface area contributed by atoms with E-state index in [4.69, 9.17) is 0 Å². The number of rotatable bonds is 6. The van der Waals surface area contributed by atoms with E-state index in [1.807, 2.05) is 13.8 Å². The molecule has 1 aliphatic rings. The zero-order valence-electron chi connectivity index (χ0n) is 13.7. The van der Waals surface area contributed by atoms with Gasteiger partial charge < -0.3 is 9.80 Å². The Balaban J connectivity index is 1.83. The average molecular weight is 323 g/mol. The first-order valence-electron chi connectivity index (χ1n) is 7.84. The van der Waals surface area contributed by atoms with E-state index >= 15 is 0 Å². The summed E-state index contributed by atoms with van der Waals surface area (Å²) < 4.78 is 0. The summed E-state index contributed by atoms with van der Waals surface area (Å²) in [6.45, 7) is 7.58. The summed E-state index contributed by atoms with van der Waals surface area (Å²) in [7, 11) is 1.71. The quantitative estimate of drug-likeness (QED) is 0.795. The number of thiophene rings is 1. The Morgan fingerprint density at radius 3 is 2.68 bits per heavy atom. The van der Waals surface area contributed by atoms with Gasteiger partial charge in [-0.1, -0.05) is 0 Å². The van der Waals surface area contributed by atoms with E-state index in [-0.39, 0.29) is 18.4 Å². The number of likely N-dealkylation sites (N-methyl/N-ethyl adjacent to an activating group) is 2. The van der Waals surface area contributed by atoms with E-state index in [1.165, 1.54) is 10.4 Å². The van der Waals surface area contributed by atoms with Gasteiger partial charge in [0.2, 0.25) is 11.8 Å². The normalized spacial score (nSPS) is 14.5. The van der Waals surface area contributed by atoms with Crippen molar-refractivity contribution in [2.75, 3.05) is 39.8 Å². The van der Waals surface area contributed by atoms with Crippen LogP contribution >= 0.6 is 11.3 Å². The van der Waals surface area contributed by atoms with Crippen molar-refractivity contribution in [1.82, 2.24) is 14.7 Å². The number of hydrogen-bond donors (Lipinski definition) is 0. The van der Waals surface area contributed by atoms with Crippen molar-refractivity contribution in [3.05, 3.63) is 21.9 Å². The minimum Gasteiger partial charge on any atom is -0.342 e. The van der Waals surface area contributed by atoms with Gasteiger partial charge in [0.05, 0.1) is 13.1 Å². The van der Waals surface area contributed by atoms with E-state index < -0.39 is 0 Å². The highest BCUT2D eigenvalue weighted by Crippen LogP contribution is 2.23. The van der Waals surface area contributed by atoms with Gasteiger partial charge in [-0.3, -0.25) is 14.5 Å². The van der Waals surface area contributed by atoms with Gasteiger partial charge in [0.15, 0.2) is 0 Å². The summed E-state index contributed by atoms with van der Waals surface area (Å²) in [6, 6.07) is 2.14. The molecule has 0 aliphatic carbocycles. The smallest absolute Gasteiger partial charge is 0.242 e. The molecule has 2 amide bonds. The molecule has 0 radical (unpaired) electrons. The topological polar surface area (TPSA) is 43.9 Å². The van der Waals surface area contributed by atoms with Gasteiger partial charge in [-0.05, 0) is 37.3 Å². The summed E-state index contributed by atoms with van der Waals surface area (Å²) in [5.41, 5.74) is 1.34. The molecule has 1 aromatic rings. The van der Waals surface area contributed by atoms with Crippen molar-refractivity contribution in [1.29, 1.82) is 0 Å². The second-order valence-corrected chi connectivity index (χ2v) is 6.65. The van der Waals surface area contributed by atoms with Gasteiger partial charge in [0, 0.05) is 38.1 Å². The summed E-state index contributed by atoms with van der Waals surface area (Å²) in [6.07, 6.45) is 1.02. The van der Waals surface area contributed by atoms with Crippen LogP contribution in [0.1, 0.15) is 24.3 Å². The first kappa shape index (κ1) is 17.0. The number of amides is 2. The summed E-state index contributed by atoms with van der Waals surface area (Å²) in [5.74, 6) is 0.0267. The fourth-order valence-electron chi connectivity index (χ4n) is 2.72. The predicted molar refractivity (Wildman–Crippen MR) is 88.9 cm³/mol. The molecule has 5 nitrogen and oxygen atoms in total. The summed E-state index contributed by atoms with van der Waals surface area (Å²) in [4.78, 5) is 31.3. The number of fused-ring (bicyclic) bond motifs is 1. The van der Waals surface area contributed by atoms with E-state index in [2.05, 4.69) is 16.3 Å². The zero-order valence-corrected chi connectivity index (χ0v) is 14.5. The molecule has 1 aliphatic heterocycles. The van der Waals surface area contributed by atoms with Gasteiger partial charge in [-0.2, -0.15) is 0 Å². The Morgan fingerprint density at radius 2 is 2.00 bits per heavy atom. The van der Waals surface area contributed by atoms with Crippen LogP contribution < -0.4 is 0 Å². The lowest BCUT2D eigenvalue weighted by Gasteiger charge is -2.29. The van der Waals surface area contributed by atoms with E-state index in [9.17, 15) is 9.59 Å². The first-order valence-corrected chi connectivity index (χ1v) is 8.72. The lowest BCUT2D eigenvalue weighted by molar-refractivity contribution is -0.139. The fourth-order valence-corrected chi connectivity index (χ4v) is 3.61. The molecule has 0 fully saturated rings. The van der Waals surface area contributed by atoms with Crippen molar-refractivity contribution < 1.29 is 9.59 Å². The highest BCUT2D eigenvalue weighted by molar-refractivity contribution is 7.10. The van der Waals surface area contributed by atoms with Crippen LogP contribution in [0.3, 0.4) is 0 Å². The largest absolute Gasteiger partial charge is 0.342 e. The Labute approximate surface area is 136 Å². The van der Waals surface area contributed by atoms with Crippen molar-refractivity contribution in [2.45, 2.75) is 26.8 Å². The first-order chi connectivity index (χ1) is 10.5. The van der Waals surface area contributed by atoms with Crippen molar-refractivity contribution in [2.24, 2.45) is 0 Å². The van der Waals surface area contributed by atoms with Gasteiger partial charge >= 0.3 is 0 Å². The Morgan fingerprint density at radius 1 is 1.27 bits per heavy atom. The average Bonchev–Trinajstić information content (AvgIpc) is 2.95. The van der Waals surface area contributed by atoms with Gasteiger partial charge in [-0.15, -0.1) is 11.3 Å². The third kappa shape index (κ3) is 4.08. The highest BCUT2D eigenvalue weighted by atomic mass is 32.1. The Hall–Kier alpha value is -1.40. The standard InChI is InChI=1S/C16H25N3O2S/c1-4-19(5-2)16(21)11-17(3)15(20)12-18-8-6-14-13(10-18)7-9-22-14/h7,9H,4-6,8,10-12H2,1-3H3. The maximum absolute atomic E-state index is 12.3. The molecule has 0 saturated heterocycles. The Bertz CT molecular complexity index is 525. The molecule has 0 atom stereocenters. The fraction of sp³-hybridized carbons (Fsp3) is 0.625. The van der Waals surface area contributed by atoms with Crippen molar-refractivity contribution >= 4 is 23.2 Å². The zero-order chi connectivity index (χ0) is 16.1.